The Labute approximate surface area is 114 Å². The number of nitrogens with zero attached hydrogens (tertiary/aromatic N) is 1. The van der Waals surface area contributed by atoms with Crippen LogP contribution in [-0.2, 0) is 0 Å². The lowest BCUT2D eigenvalue weighted by molar-refractivity contribution is 0.188. The third-order valence-corrected chi connectivity index (χ3v) is 3.98. The Kier molecular flexibility index (Phi) is 4.80. The van der Waals surface area contributed by atoms with E-state index >= 15 is 0 Å². The van der Waals surface area contributed by atoms with Crippen molar-refractivity contribution in [3.8, 4) is 0 Å². The number of thiocarbonyl (C=S) groups is 1. The van der Waals surface area contributed by atoms with Gasteiger partial charge in [0.25, 0.3) is 0 Å². The number of hydrogen-bond acceptors (Lipinski definition) is 2. The van der Waals surface area contributed by atoms with E-state index in [4.69, 9.17) is 18.0 Å². The SMILES string of the molecule is NC(=S)CCN(C(=O)NC1CCCCC1)C1CC1. The number of carbonyl (C=O) groups is 1. The molecule has 102 valence electrons. The highest BCUT2D eigenvalue weighted by Crippen LogP contribution is 2.27. The molecule has 0 bridgehead atoms. The Morgan fingerprint density at radius 1 is 1.22 bits per heavy atom. The van der Waals surface area contributed by atoms with Gasteiger partial charge in [-0.2, -0.15) is 0 Å². The molecule has 0 unspecified atom stereocenters. The molecule has 2 fully saturated rings. The number of urea groups is 1. The molecule has 2 saturated carbocycles. The maximum Gasteiger partial charge on any atom is 0.317 e. The molecule has 0 radical (unpaired) electrons. The van der Waals surface area contributed by atoms with Crippen molar-refractivity contribution in [3.05, 3.63) is 0 Å². The molecule has 0 atom stereocenters. The zero-order valence-electron chi connectivity index (χ0n) is 10.9. The molecule has 0 spiro atoms. The summed E-state index contributed by atoms with van der Waals surface area (Å²) in [4.78, 5) is 14.7. The quantitative estimate of drug-likeness (QED) is 0.752. The van der Waals surface area contributed by atoms with E-state index in [0.717, 1.165) is 25.7 Å². The number of rotatable bonds is 5. The number of nitrogens with one attached hydrogen (secondary N) is 1. The summed E-state index contributed by atoms with van der Waals surface area (Å²) in [6.45, 7) is 0.665. The Bertz CT molecular complexity index is 311. The highest BCUT2D eigenvalue weighted by Gasteiger charge is 2.33. The van der Waals surface area contributed by atoms with Crippen LogP contribution in [-0.4, -0.2) is 34.5 Å². The van der Waals surface area contributed by atoms with Crippen LogP contribution in [0.15, 0.2) is 0 Å². The van der Waals surface area contributed by atoms with E-state index in [1.54, 1.807) is 0 Å². The first-order chi connectivity index (χ1) is 8.66. The van der Waals surface area contributed by atoms with Crippen molar-refractivity contribution >= 4 is 23.2 Å². The van der Waals surface area contributed by atoms with E-state index in [0.29, 0.717) is 30.0 Å². The van der Waals surface area contributed by atoms with Gasteiger partial charge < -0.3 is 16.0 Å². The maximum atomic E-state index is 12.2. The van der Waals surface area contributed by atoms with Gasteiger partial charge in [0, 0.05) is 25.0 Å². The topological polar surface area (TPSA) is 58.4 Å². The summed E-state index contributed by atoms with van der Waals surface area (Å²) in [6.07, 6.45) is 8.90. The fourth-order valence-electron chi connectivity index (χ4n) is 2.57. The molecule has 2 rings (SSSR count). The average Bonchev–Trinajstić information content (AvgIpc) is 3.14. The van der Waals surface area contributed by atoms with E-state index in [2.05, 4.69) is 5.32 Å². The van der Waals surface area contributed by atoms with Crippen LogP contribution in [0.1, 0.15) is 51.4 Å². The lowest BCUT2D eigenvalue weighted by atomic mass is 9.96. The van der Waals surface area contributed by atoms with Crippen LogP contribution in [0.5, 0.6) is 0 Å². The Morgan fingerprint density at radius 3 is 2.44 bits per heavy atom. The fourth-order valence-corrected chi connectivity index (χ4v) is 2.66. The maximum absolute atomic E-state index is 12.2. The molecule has 2 amide bonds. The van der Waals surface area contributed by atoms with Gasteiger partial charge in [-0.15, -0.1) is 0 Å². The van der Waals surface area contributed by atoms with Crippen molar-refractivity contribution in [3.63, 3.8) is 0 Å². The predicted molar refractivity (Wildman–Crippen MR) is 76.5 cm³/mol. The monoisotopic (exact) mass is 269 g/mol. The molecule has 4 nitrogen and oxygen atoms in total. The largest absolute Gasteiger partial charge is 0.393 e. The third kappa shape index (κ3) is 4.12. The Morgan fingerprint density at radius 2 is 1.89 bits per heavy atom. The molecule has 0 aromatic carbocycles. The predicted octanol–water partition coefficient (Wildman–Crippen LogP) is 2.17. The van der Waals surface area contributed by atoms with Crippen LogP contribution in [0.3, 0.4) is 0 Å². The van der Waals surface area contributed by atoms with Crippen molar-refractivity contribution < 1.29 is 4.79 Å². The average molecular weight is 269 g/mol. The number of hydrogen-bond donors (Lipinski definition) is 2. The van der Waals surface area contributed by atoms with Crippen molar-refractivity contribution in [2.24, 2.45) is 5.73 Å². The molecule has 2 aliphatic carbocycles. The van der Waals surface area contributed by atoms with Gasteiger partial charge in [0.15, 0.2) is 0 Å². The smallest absolute Gasteiger partial charge is 0.317 e. The minimum absolute atomic E-state index is 0.0839. The first-order valence-electron chi connectivity index (χ1n) is 7.02. The van der Waals surface area contributed by atoms with E-state index in [1.165, 1.54) is 19.3 Å². The molecular formula is C13H23N3OS. The molecule has 5 heteroatoms. The Balaban J connectivity index is 1.81. The standard InChI is InChI=1S/C13H23N3OS/c14-12(18)8-9-16(11-6-7-11)13(17)15-10-4-2-1-3-5-10/h10-11H,1-9H2,(H2,14,18)(H,15,17). The first kappa shape index (κ1) is 13.6. The lowest BCUT2D eigenvalue weighted by Crippen LogP contribution is -2.47. The second-order valence-corrected chi connectivity index (χ2v) is 5.95. The summed E-state index contributed by atoms with van der Waals surface area (Å²) < 4.78 is 0. The van der Waals surface area contributed by atoms with Crippen LogP contribution < -0.4 is 11.1 Å². The van der Waals surface area contributed by atoms with Crippen molar-refractivity contribution in [1.29, 1.82) is 0 Å². The number of carbonyl (C=O) groups excluding carboxylic acids is 1. The highest BCUT2D eigenvalue weighted by molar-refractivity contribution is 7.80. The summed E-state index contributed by atoms with van der Waals surface area (Å²) >= 11 is 4.89. The van der Waals surface area contributed by atoms with Gasteiger partial charge in [0.1, 0.15) is 0 Å². The first-order valence-corrected chi connectivity index (χ1v) is 7.43. The van der Waals surface area contributed by atoms with E-state index in [9.17, 15) is 4.79 Å². The van der Waals surface area contributed by atoms with Crippen molar-refractivity contribution in [1.82, 2.24) is 10.2 Å². The summed E-state index contributed by atoms with van der Waals surface area (Å²) in [6, 6.07) is 0.876. The van der Waals surface area contributed by atoms with Crippen LogP contribution in [0.4, 0.5) is 4.79 Å². The molecule has 0 heterocycles. The summed E-state index contributed by atoms with van der Waals surface area (Å²) in [5, 5.41) is 3.17. The summed E-state index contributed by atoms with van der Waals surface area (Å²) in [7, 11) is 0. The zero-order chi connectivity index (χ0) is 13.0. The van der Waals surface area contributed by atoms with Gasteiger partial charge in [0.05, 0.1) is 4.99 Å². The van der Waals surface area contributed by atoms with Gasteiger partial charge in [0.2, 0.25) is 0 Å². The molecule has 2 aliphatic rings. The van der Waals surface area contributed by atoms with Gasteiger partial charge in [-0.05, 0) is 25.7 Å². The minimum Gasteiger partial charge on any atom is -0.393 e. The second-order valence-electron chi connectivity index (χ2n) is 5.43. The number of nitrogens with two attached hydrogens (primary N) is 1. The van der Waals surface area contributed by atoms with E-state index in [1.807, 2.05) is 4.90 Å². The summed E-state index contributed by atoms with van der Waals surface area (Å²) in [5.74, 6) is 0. The van der Waals surface area contributed by atoms with Crippen molar-refractivity contribution in [2.45, 2.75) is 63.5 Å². The van der Waals surface area contributed by atoms with E-state index < -0.39 is 0 Å². The summed E-state index contributed by atoms with van der Waals surface area (Å²) in [5.41, 5.74) is 5.52. The second kappa shape index (κ2) is 6.36. The van der Waals surface area contributed by atoms with Crippen LogP contribution in [0.2, 0.25) is 0 Å². The Hall–Kier alpha value is -0.840. The molecule has 0 aromatic rings. The zero-order valence-corrected chi connectivity index (χ0v) is 11.7. The highest BCUT2D eigenvalue weighted by atomic mass is 32.1. The van der Waals surface area contributed by atoms with Gasteiger partial charge in [-0.3, -0.25) is 0 Å². The van der Waals surface area contributed by atoms with Gasteiger partial charge >= 0.3 is 6.03 Å². The van der Waals surface area contributed by atoms with E-state index in [-0.39, 0.29) is 6.03 Å². The number of amides is 2. The molecule has 18 heavy (non-hydrogen) atoms. The fraction of sp³-hybridized carbons (Fsp3) is 0.846. The molecule has 0 aliphatic heterocycles. The minimum atomic E-state index is 0.0839. The van der Waals surface area contributed by atoms with Crippen molar-refractivity contribution in [2.75, 3.05) is 6.54 Å². The molecule has 0 saturated heterocycles. The third-order valence-electron chi connectivity index (χ3n) is 3.78. The molecule has 3 N–H and O–H groups in total. The lowest BCUT2D eigenvalue weighted by Gasteiger charge is -2.28. The van der Waals surface area contributed by atoms with Gasteiger partial charge in [-0.1, -0.05) is 31.5 Å². The van der Waals surface area contributed by atoms with Gasteiger partial charge in [-0.25, -0.2) is 4.79 Å². The van der Waals surface area contributed by atoms with Crippen LogP contribution in [0.25, 0.3) is 0 Å². The van der Waals surface area contributed by atoms with Crippen LogP contribution in [0, 0.1) is 0 Å². The molecule has 0 aromatic heterocycles. The normalized spacial score (nSPS) is 20.4. The van der Waals surface area contributed by atoms with Crippen LogP contribution >= 0.6 is 12.2 Å². The molecular weight excluding hydrogens is 246 g/mol.